The minimum atomic E-state index is -4.43. The fraction of sp³-hybridized carbons (Fsp3) is 0.421. The van der Waals surface area contributed by atoms with Crippen molar-refractivity contribution < 1.29 is 17.9 Å². The van der Waals surface area contributed by atoms with Gasteiger partial charge in [-0.1, -0.05) is 24.3 Å². The molecular formula is C19H21F3N2O. The summed E-state index contributed by atoms with van der Waals surface area (Å²) >= 11 is 0. The van der Waals surface area contributed by atoms with E-state index in [1.165, 1.54) is 12.3 Å². The number of nitrogens with zero attached hydrogens (tertiary/aromatic N) is 1. The van der Waals surface area contributed by atoms with Crippen LogP contribution in [-0.2, 0) is 16.3 Å². The molecular weight excluding hydrogens is 329 g/mol. The number of rotatable bonds is 4. The van der Waals surface area contributed by atoms with Crippen LogP contribution in [0.15, 0.2) is 42.6 Å². The van der Waals surface area contributed by atoms with Gasteiger partial charge in [-0.25, -0.2) is 4.98 Å². The molecule has 0 amide bonds. The summed E-state index contributed by atoms with van der Waals surface area (Å²) < 4.78 is 45.1. The van der Waals surface area contributed by atoms with Crippen LogP contribution in [-0.4, -0.2) is 24.7 Å². The topological polar surface area (TPSA) is 34.2 Å². The van der Waals surface area contributed by atoms with Crippen LogP contribution >= 0.6 is 0 Å². The molecule has 1 saturated heterocycles. The molecule has 0 radical (unpaired) electrons. The maximum absolute atomic E-state index is 13.2. The monoisotopic (exact) mass is 350 g/mol. The number of hydrogen-bond acceptors (Lipinski definition) is 3. The zero-order valence-corrected chi connectivity index (χ0v) is 14.1. The van der Waals surface area contributed by atoms with Gasteiger partial charge in [0.25, 0.3) is 0 Å². The number of aryl methyl sites for hydroxylation is 1. The number of ether oxygens (including phenoxy) is 1. The highest BCUT2D eigenvalue weighted by molar-refractivity contribution is 5.47. The van der Waals surface area contributed by atoms with E-state index in [1.807, 2.05) is 25.1 Å². The molecule has 6 heteroatoms. The molecule has 134 valence electrons. The first-order valence-corrected chi connectivity index (χ1v) is 8.32. The average molecular weight is 350 g/mol. The second-order valence-corrected chi connectivity index (χ2v) is 6.46. The van der Waals surface area contributed by atoms with E-state index in [0.29, 0.717) is 19.8 Å². The maximum Gasteiger partial charge on any atom is 0.419 e. The maximum atomic E-state index is 13.2. The number of nitrogens with one attached hydrogen (secondary N) is 1. The Morgan fingerprint density at radius 2 is 1.84 bits per heavy atom. The third-order valence-electron chi connectivity index (χ3n) is 4.87. The van der Waals surface area contributed by atoms with Crippen LogP contribution < -0.4 is 5.32 Å². The van der Waals surface area contributed by atoms with E-state index < -0.39 is 11.7 Å². The predicted molar refractivity (Wildman–Crippen MR) is 90.6 cm³/mol. The van der Waals surface area contributed by atoms with Crippen molar-refractivity contribution in [3.63, 3.8) is 0 Å². The summed E-state index contributed by atoms with van der Waals surface area (Å²) in [5.74, 6) is -0.116. The SMILES string of the molecule is Cc1ccccc1C1(CNc2ncccc2C(F)(F)F)CCOCC1. The Kier molecular flexibility index (Phi) is 4.99. The van der Waals surface area contributed by atoms with Crippen LogP contribution in [0.1, 0.15) is 29.5 Å². The lowest BCUT2D eigenvalue weighted by Gasteiger charge is -2.39. The second kappa shape index (κ2) is 7.04. The van der Waals surface area contributed by atoms with E-state index in [1.54, 1.807) is 0 Å². The number of anilines is 1. The first kappa shape index (κ1) is 17.7. The molecule has 1 fully saturated rings. The number of hydrogen-bond donors (Lipinski definition) is 1. The van der Waals surface area contributed by atoms with Gasteiger partial charge in [-0.05, 0) is 43.0 Å². The van der Waals surface area contributed by atoms with Crippen molar-refractivity contribution in [1.29, 1.82) is 0 Å². The molecule has 1 aliphatic rings. The zero-order chi connectivity index (χ0) is 17.9. The van der Waals surface area contributed by atoms with Gasteiger partial charge in [-0.15, -0.1) is 0 Å². The summed E-state index contributed by atoms with van der Waals surface area (Å²) in [5.41, 5.74) is 1.31. The highest BCUT2D eigenvalue weighted by atomic mass is 19.4. The Hall–Kier alpha value is -2.08. The van der Waals surface area contributed by atoms with Crippen LogP contribution in [0.4, 0.5) is 19.0 Å². The first-order chi connectivity index (χ1) is 11.9. The second-order valence-electron chi connectivity index (χ2n) is 6.46. The molecule has 0 unspecified atom stereocenters. The van der Waals surface area contributed by atoms with Gasteiger partial charge in [-0.2, -0.15) is 13.2 Å². The van der Waals surface area contributed by atoms with Crippen molar-refractivity contribution in [2.24, 2.45) is 0 Å². The number of alkyl halides is 3. The highest BCUT2D eigenvalue weighted by Gasteiger charge is 2.38. The van der Waals surface area contributed by atoms with Gasteiger partial charge in [0.1, 0.15) is 5.82 Å². The molecule has 3 nitrogen and oxygen atoms in total. The fourth-order valence-corrected chi connectivity index (χ4v) is 3.50. The quantitative estimate of drug-likeness (QED) is 0.877. The van der Waals surface area contributed by atoms with Gasteiger partial charge in [-0.3, -0.25) is 0 Å². The normalized spacial score (nSPS) is 17.3. The molecule has 0 saturated carbocycles. The summed E-state index contributed by atoms with van der Waals surface area (Å²) in [6.45, 7) is 3.63. The van der Waals surface area contributed by atoms with Gasteiger partial charge in [0.15, 0.2) is 0 Å². The van der Waals surface area contributed by atoms with Crippen molar-refractivity contribution in [1.82, 2.24) is 4.98 Å². The Balaban J connectivity index is 1.90. The molecule has 3 rings (SSSR count). The van der Waals surface area contributed by atoms with Gasteiger partial charge >= 0.3 is 6.18 Å². The molecule has 1 aromatic carbocycles. The Morgan fingerprint density at radius 3 is 2.52 bits per heavy atom. The Labute approximate surface area is 145 Å². The van der Waals surface area contributed by atoms with Crippen LogP contribution in [0.5, 0.6) is 0 Å². The van der Waals surface area contributed by atoms with E-state index in [2.05, 4.69) is 16.4 Å². The van der Waals surface area contributed by atoms with Crippen molar-refractivity contribution in [2.75, 3.05) is 25.1 Å². The van der Waals surface area contributed by atoms with E-state index in [-0.39, 0.29) is 11.2 Å². The number of halogens is 3. The average Bonchev–Trinajstić information content (AvgIpc) is 2.61. The molecule has 1 aliphatic heterocycles. The van der Waals surface area contributed by atoms with Gasteiger partial charge < -0.3 is 10.1 Å². The Bertz CT molecular complexity index is 725. The number of pyridine rings is 1. The van der Waals surface area contributed by atoms with Gasteiger partial charge in [0.05, 0.1) is 5.56 Å². The van der Waals surface area contributed by atoms with Gasteiger partial charge in [0, 0.05) is 31.4 Å². The molecule has 0 aliphatic carbocycles. The lowest BCUT2D eigenvalue weighted by atomic mass is 9.72. The third kappa shape index (κ3) is 3.79. The molecule has 0 atom stereocenters. The molecule has 1 N–H and O–H groups in total. The van der Waals surface area contributed by atoms with Crippen molar-refractivity contribution in [3.8, 4) is 0 Å². The van der Waals surface area contributed by atoms with Crippen LogP contribution in [0, 0.1) is 6.92 Å². The summed E-state index contributed by atoms with van der Waals surface area (Å²) in [6, 6.07) is 10.4. The lowest BCUT2D eigenvalue weighted by Crippen LogP contribution is -2.41. The highest BCUT2D eigenvalue weighted by Crippen LogP contribution is 2.38. The van der Waals surface area contributed by atoms with Crippen molar-refractivity contribution >= 4 is 5.82 Å². The molecule has 1 aromatic heterocycles. The van der Waals surface area contributed by atoms with Crippen LogP contribution in [0.2, 0.25) is 0 Å². The molecule has 0 spiro atoms. The standard InChI is InChI=1S/C19H21F3N2O/c1-14-5-2-3-6-15(14)18(8-11-25-12-9-18)13-24-17-16(19(20,21)22)7-4-10-23-17/h2-7,10H,8-9,11-13H2,1H3,(H,23,24). The van der Waals surface area contributed by atoms with Crippen molar-refractivity contribution in [2.45, 2.75) is 31.4 Å². The van der Waals surface area contributed by atoms with E-state index in [0.717, 1.165) is 30.0 Å². The van der Waals surface area contributed by atoms with Crippen LogP contribution in [0.25, 0.3) is 0 Å². The zero-order valence-electron chi connectivity index (χ0n) is 14.1. The first-order valence-electron chi connectivity index (χ1n) is 8.32. The largest absolute Gasteiger partial charge is 0.419 e. The Morgan fingerprint density at radius 1 is 1.12 bits per heavy atom. The molecule has 2 aromatic rings. The van der Waals surface area contributed by atoms with E-state index in [4.69, 9.17) is 4.74 Å². The molecule has 25 heavy (non-hydrogen) atoms. The predicted octanol–water partition coefficient (Wildman–Crippen LogP) is 4.57. The minimum Gasteiger partial charge on any atom is -0.381 e. The summed E-state index contributed by atoms with van der Waals surface area (Å²) in [7, 11) is 0. The number of benzene rings is 1. The van der Waals surface area contributed by atoms with Gasteiger partial charge in [0.2, 0.25) is 0 Å². The molecule has 2 heterocycles. The third-order valence-corrected chi connectivity index (χ3v) is 4.87. The summed E-state index contributed by atoms with van der Waals surface area (Å²) in [6.07, 6.45) is -1.53. The van der Waals surface area contributed by atoms with E-state index in [9.17, 15) is 13.2 Å². The lowest BCUT2D eigenvalue weighted by molar-refractivity contribution is -0.137. The summed E-state index contributed by atoms with van der Waals surface area (Å²) in [5, 5.41) is 2.97. The van der Waals surface area contributed by atoms with Crippen LogP contribution in [0.3, 0.4) is 0 Å². The fourth-order valence-electron chi connectivity index (χ4n) is 3.50. The summed E-state index contributed by atoms with van der Waals surface area (Å²) in [4.78, 5) is 3.91. The number of aromatic nitrogens is 1. The van der Waals surface area contributed by atoms with Crippen molar-refractivity contribution in [3.05, 3.63) is 59.3 Å². The smallest absolute Gasteiger partial charge is 0.381 e. The van der Waals surface area contributed by atoms with E-state index >= 15 is 0 Å². The minimum absolute atomic E-state index is 0.116. The molecule has 0 bridgehead atoms.